The third-order valence-corrected chi connectivity index (χ3v) is 4.38. The highest BCUT2D eigenvalue weighted by atomic mass is 16.5. The number of nitrogens with zero attached hydrogens (tertiary/aromatic N) is 1. The van der Waals surface area contributed by atoms with Gasteiger partial charge in [-0.05, 0) is 57.7 Å². The number of aromatic hydroxyl groups is 1. The molecule has 0 spiro atoms. The number of pyridine rings is 1. The molecule has 1 aromatic carbocycles. The molecule has 0 radical (unpaired) electrons. The van der Waals surface area contributed by atoms with E-state index in [1.165, 1.54) is 0 Å². The van der Waals surface area contributed by atoms with Crippen molar-refractivity contribution in [2.75, 3.05) is 0 Å². The van der Waals surface area contributed by atoms with Gasteiger partial charge in [0.05, 0.1) is 0 Å². The fourth-order valence-corrected chi connectivity index (χ4v) is 2.97. The first kappa shape index (κ1) is 13.9. The Bertz CT molecular complexity index is 690. The molecule has 2 heterocycles. The molecule has 2 aromatic rings. The molecule has 21 heavy (non-hydrogen) atoms. The van der Waals surface area contributed by atoms with Crippen LogP contribution >= 0.6 is 0 Å². The molecule has 0 aliphatic carbocycles. The van der Waals surface area contributed by atoms with Gasteiger partial charge in [-0.25, -0.2) is 0 Å². The summed E-state index contributed by atoms with van der Waals surface area (Å²) in [6, 6.07) is 3.88. The van der Waals surface area contributed by atoms with Gasteiger partial charge >= 0.3 is 0 Å². The second kappa shape index (κ2) is 4.76. The lowest BCUT2D eigenvalue weighted by Gasteiger charge is -2.35. The van der Waals surface area contributed by atoms with Crippen molar-refractivity contribution in [1.82, 2.24) is 4.98 Å². The van der Waals surface area contributed by atoms with Gasteiger partial charge in [0, 0.05) is 29.1 Å². The van der Waals surface area contributed by atoms with E-state index in [0.29, 0.717) is 5.75 Å². The van der Waals surface area contributed by atoms with E-state index in [0.717, 1.165) is 46.4 Å². The molecule has 3 nitrogen and oxygen atoms in total. The summed E-state index contributed by atoms with van der Waals surface area (Å²) in [6.45, 7) is 8.18. The third kappa shape index (κ3) is 2.27. The topological polar surface area (TPSA) is 42.4 Å². The molecule has 0 atom stereocenters. The average molecular weight is 283 g/mol. The van der Waals surface area contributed by atoms with Crippen molar-refractivity contribution in [2.45, 2.75) is 46.1 Å². The van der Waals surface area contributed by atoms with E-state index in [-0.39, 0.29) is 5.60 Å². The van der Waals surface area contributed by atoms with Crippen LogP contribution in [0.2, 0.25) is 0 Å². The molecule has 0 saturated heterocycles. The monoisotopic (exact) mass is 283 g/mol. The largest absolute Gasteiger partial charge is 0.507 e. The maximum absolute atomic E-state index is 10.6. The zero-order valence-corrected chi connectivity index (χ0v) is 13.0. The lowest BCUT2D eigenvalue weighted by atomic mass is 9.85. The number of phenols is 1. The first-order valence-electron chi connectivity index (χ1n) is 7.35. The van der Waals surface area contributed by atoms with Crippen LogP contribution in [0.25, 0.3) is 11.1 Å². The van der Waals surface area contributed by atoms with Crippen LogP contribution in [0, 0.1) is 13.8 Å². The minimum atomic E-state index is -0.159. The van der Waals surface area contributed by atoms with Crippen molar-refractivity contribution < 1.29 is 9.84 Å². The SMILES string of the molecule is Cc1c(C)c2c(c(-c3cccnc3)c1O)CCC(C)(C)O2. The van der Waals surface area contributed by atoms with Crippen molar-refractivity contribution in [1.29, 1.82) is 0 Å². The normalized spacial score (nSPS) is 16.2. The van der Waals surface area contributed by atoms with Gasteiger partial charge in [0.1, 0.15) is 17.1 Å². The summed E-state index contributed by atoms with van der Waals surface area (Å²) in [5, 5.41) is 10.6. The molecule has 1 aliphatic rings. The zero-order chi connectivity index (χ0) is 15.2. The second-order valence-electron chi connectivity index (χ2n) is 6.38. The van der Waals surface area contributed by atoms with Crippen LogP contribution in [-0.2, 0) is 6.42 Å². The van der Waals surface area contributed by atoms with Crippen LogP contribution in [0.5, 0.6) is 11.5 Å². The van der Waals surface area contributed by atoms with Crippen LogP contribution in [0.4, 0.5) is 0 Å². The Hall–Kier alpha value is -2.03. The number of phenolic OH excluding ortho intramolecular Hbond substituents is 1. The Morgan fingerprint density at radius 3 is 2.67 bits per heavy atom. The third-order valence-electron chi connectivity index (χ3n) is 4.38. The summed E-state index contributed by atoms with van der Waals surface area (Å²) in [6.07, 6.45) is 5.38. The molecule has 0 saturated carbocycles. The van der Waals surface area contributed by atoms with Gasteiger partial charge in [0.25, 0.3) is 0 Å². The van der Waals surface area contributed by atoms with E-state index in [2.05, 4.69) is 18.8 Å². The van der Waals surface area contributed by atoms with Crippen molar-refractivity contribution >= 4 is 0 Å². The molecular formula is C18H21NO2. The Morgan fingerprint density at radius 1 is 1.24 bits per heavy atom. The molecule has 1 aliphatic heterocycles. The fraction of sp³-hybridized carbons (Fsp3) is 0.389. The number of aromatic nitrogens is 1. The molecule has 110 valence electrons. The molecule has 1 N–H and O–H groups in total. The average Bonchev–Trinajstić information content (AvgIpc) is 2.47. The predicted molar refractivity (Wildman–Crippen MR) is 83.8 cm³/mol. The number of rotatable bonds is 1. The van der Waals surface area contributed by atoms with Crippen molar-refractivity contribution in [2.24, 2.45) is 0 Å². The summed E-state index contributed by atoms with van der Waals surface area (Å²) < 4.78 is 6.22. The summed E-state index contributed by atoms with van der Waals surface area (Å²) in [5.74, 6) is 1.28. The lowest BCUT2D eigenvalue weighted by molar-refractivity contribution is 0.0836. The Morgan fingerprint density at radius 2 is 2.00 bits per heavy atom. The molecule has 3 heteroatoms. The molecule has 0 amide bonds. The maximum Gasteiger partial charge on any atom is 0.127 e. The Labute approximate surface area is 125 Å². The molecule has 0 bridgehead atoms. The minimum absolute atomic E-state index is 0.159. The van der Waals surface area contributed by atoms with Crippen molar-refractivity contribution in [3.05, 3.63) is 41.2 Å². The van der Waals surface area contributed by atoms with Crippen LogP contribution in [0.3, 0.4) is 0 Å². The van der Waals surface area contributed by atoms with E-state index in [1.807, 2.05) is 26.0 Å². The summed E-state index contributed by atoms with van der Waals surface area (Å²) in [5.41, 5.74) is 4.67. The minimum Gasteiger partial charge on any atom is -0.507 e. The van der Waals surface area contributed by atoms with E-state index >= 15 is 0 Å². The first-order valence-corrected chi connectivity index (χ1v) is 7.35. The summed E-state index contributed by atoms with van der Waals surface area (Å²) in [4.78, 5) is 4.18. The molecular weight excluding hydrogens is 262 g/mol. The van der Waals surface area contributed by atoms with Crippen LogP contribution in [-0.4, -0.2) is 15.7 Å². The van der Waals surface area contributed by atoms with Gasteiger partial charge in [-0.3, -0.25) is 4.98 Å². The Balaban J connectivity index is 2.29. The zero-order valence-electron chi connectivity index (χ0n) is 13.0. The fourth-order valence-electron chi connectivity index (χ4n) is 2.97. The lowest BCUT2D eigenvalue weighted by Crippen LogP contribution is -2.33. The van der Waals surface area contributed by atoms with Crippen LogP contribution < -0.4 is 4.74 Å². The molecule has 0 unspecified atom stereocenters. The summed E-state index contributed by atoms with van der Waals surface area (Å²) in [7, 11) is 0. The smallest absolute Gasteiger partial charge is 0.127 e. The number of hydrogen-bond donors (Lipinski definition) is 1. The predicted octanol–water partition coefficient (Wildman–Crippen LogP) is 4.17. The number of benzene rings is 1. The maximum atomic E-state index is 10.6. The number of fused-ring (bicyclic) bond motifs is 1. The van der Waals surface area contributed by atoms with Crippen LogP contribution in [0.1, 0.15) is 37.0 Å². The molecule has 1 aromatic heterocycles. The Kier molecular flexibility index (Phi) is 3.16. The number of ether oxygens (including phenoxy) is 1. The van der Waals surface area contributed by atoms with Gasteiger partial charge < -0.3 is 9.84 Å². The van der Waals surface area contributed by atoms with E-state index < -0.39 is 0 Å². The van der Waals surface area contributed by atoms with Crippen LogP contribution in [0.15, 0.2) is 24.5 Å². The molecule has 0 fully saturated rings. The molecule has 3 rings (SSSR count). The standard InChI is InChI=1S/C18H21NO2/c1-11-12(2)17-14(7-8-18(3,4)21-17)15(16(11)20)13-6-5-9-19-10-13/h5-6,9-10,20H,7-8H2,1-4H3. The van der Waals surface area contributed by atoms with E-state index in [1.54, 1.807) is 12.4 Å². The van der Waals surface area contributed by atoms with Gasteiger partial charge in [-0.1, -0.05) is 6.07 Å². The van der Waals surface area contributed by atoms with Crippen molar-refractivity contribution in [3.63, 3.8) is 0 Å². The first-order chi connectivity index (χ1) is 9.91. The van der Waals surface area contributed by atoms with Gasteiger partial charge in [0.15, 0.2) is 0 Å². The quantitative estimate of drug-likeness (QED) is 0.854. The van der Waals surface area contributed by atoms with Gasteiger partial charge in [-0.15, -0.1) is 0 Å². The van der Waals surface area contributed by atoms with E-state index in [9.17, 15) is 5.11 Å². The summed E-state index contributed by atoms with van der Waals surface area (Å²) >= 11 is 0. The number of hydrogen-bond acceptors (Lipinski definition) is 3. The van der Waals surface area contributed by atoms with Crippen molar-refractivity contribution in [3.8, 4) is 22.6 Å². The van der Waals surface area contributed by atoms with Gasteiger partial charge in [-0.2, -0.15) is 0 Å². The highest BCUT2D eigenvalue weighted by molar-refractivity contribution is 5.79. The van der Waals surface area contributed by atoms with Gasteiger partial charge in [0.2, 0.25) is 0 Å². The second-order valence-corrected chi connectivity index (χ2v) is 6.38. The van der Waals surface area contributed by atoms with E-state index in [4.69, 9.17) is 4.74 Å². The highest BCUT2D eigenvalue weighted by Gasteiger charge is 2.32. The highest BCUT2D eigenvalue weighted by Crippen LogP contribution is 2.47.